The number of para-hydroxylation sites is 1. The van der Waals surface area contributed by atoms with Gasteiger partial charge in [-0.1, -0.05) is 37.6 Å². The van der Waals surface area contributed by atoms with Crippen molar-refractivity contribution in [3.8, 4) is 11.3 Å². The standard InChI is InChI=1S/C20H22ClN5O/c1-13(2)18(12-27)25-20-24-17(14-7-9-22-10-8-14)11-19(26-20)23-16-6-4-3-5-15(16)21/h3-11,13,18,27H,12H2,1-2H3,(H2,23,24,25,26)/t18-/m1/s1. The number of halogens is 1. The Balaban J connectivity index is 1.99. The number of hydrogen-bond donors (Lipinski definition) is 3. The van der Waals surface area contributed by atoms with Crippen molar-refractivity contribution in [2.45, 2.75) is 19.9 Å². The van der Waals surface area contributed by atoms with E-state index < -0.39 is 0 Å². The number of aromatic nitrogens is 3. The van der Waals surface area contributed by atoms with Crippen LogP contribution >= 0.6 is 11.6 Å². The molecule has 0 bridgehead atoms. The maximum absolute atomic E-state index is 9.63. The van der Waals surface area contributed by atoms with Crippen LogP contribution in [-0.4, -0.2) is 32.7 Å². The first-order valence-electron chi connectivity index (χ1n) is 8.75. The van der Waals surface area contributed by atoms with Gasteiger partial charge in [0.05, 0.1) is 29.1 Å². The summed E-state index contributed by atoms with van der Waals surface area (Å²) in [6.07, 6.45) is 3.44. The first-order valence-corrected chi connectivity index (χ1v) is 9.13. The molecule has 2 aromatic heterocycles. The second-order valence-corrected chi connectivity index (χ2v) is 6.89. The smallest absolute Gasteiger partial charge is 0.225 e. The average Bonchev–Trinajstić information content (AvgIpc) is 2.68. The highest BCUT2D eigenvalue weighted by Gasteiger charge is 2.15. The minimum atomic E-state index is -0.147. The van der Waals surface area contributed by atoms with Gasteiger partial charge in [0, 0.05) is 24.0 Å². The molecule has 0 aliphatic heterocycles. The molecular weight excluding hydrogens is 362 g/mol. The predicted molar refractivity (Wildman–Crippen MR) is 109 cm³/mol. The number of aliphatic hydroxyl groups excluding tert-OH is 1. The Morgan fingerprint density at radius 1 is 1.07 bits per heavy atom. The van der Waals surface area contributed by atoms with Crippen molar-refractivity contribution in [3.05, 3.63) is 59.9 Å². The molecule has 2 heterocycles. The Kier molecular flexibility index (Phi) is 6.21. The Morgan fingerprint density at radius 2 is 1.81 bits per heavy atom. The molecule has 0 aliphatic rings. The minimum absolute atomic E-state index is 0.00616. The molecule has 1 aromatic carbocycles. The van der Waals surface area contributed by atoms with Crippen LogP contribution in [0.5, 0.6) is 0 Å². The van der Waals surface area contributed by atoms with E-state index in [2.05, 4.69) is 25.6 Å². The highest BCUT2D eigenvalue weighted by Crippen LogP contribution is 2.27. The van der Waals surface area contributed by atoms with Gasteiger partial charge in [0.15, 0.2) is 0 Å². The molecule has 140 valence electrons. The van der Waals surface area contributed by atoms with E-state index >= 15 is 0 Å². The first-order chi connectivity index (χ1) is 13.1. The quantitative estimate of drug-likeness (QED) is 0.562. The number of pyridine rings is 1. The minimum Gasteiger partial charge on any atom is -0.394 e. The third kappa shape index (κ3) is 4.93. The van der Waals surface area contributed by atoms with Crippen molar-refractivity contribution in [2.75, 3.05) is 17.2 Å². The van der Waals surface area contributed by atoms with Gasteiger partial charge < -0.3 is 15.7 Å². The molecule has 0 saturated carbocycles. The van der Waals surface area contributed by atoms with Crippen LogP contribution in [0.25, 0.3) is 11.3 Å². The van der Waals surface area contributed by atoms with Crippen LogP contribution in [0, 0.1) is 5.92 Å². The van der Waals surface area contributed by atoms with Crippen LogP contribution in [0.2, 0.25) is 5.02 Å². The lowest BCUT2D eigenvalue weighted by Gasteiger charge is -2.20. The molecule has 3 aromatic rings. The zero-order chi connectivity index (χ0) is 19.2. The topological polar surface area (TPSA) is 83.0 Å². The number of rotatable bonds is 7. The number of nitrogens with zero attached hydrogens (tertiary/aromatic N) is 3. The number of hydrogen-bond acceptors (Lipinski definition) is 6. The molecule has 7 heteroatoms. The second-order valence-electron chi connectivity index (χ2n) is 6.48. The monoisotopic (exact) mass is 383 g/mol. The van der Waals surface area contributed by atoms with Crippen LogP contribution in [-0.2, 0) is 0 Å². The van der Waals surface area contributed by atoms with Gasteiger partial charge in [0.2, 0.25) is 5.95 Å². The zero-order valence-corrected chi connectivity index (χ0v) is 16.0. The van der Waals surface area contributed by atoms with Crippen LogP contribution in [0.3, 0.4) is 0 Å². The lowest BCUT2D eigenvalue weighted by atomic mass is 10.1. The van der Waals surface area contributed by atoms with Crippen molar-refractivity contribution in [3.63, 3.8) is 0 Å². The summed E-state index contributed by atoms with van der Waals surface area (Å²) in [6, 6.07) is 13.0. The van der Waals surface area contributed by atoms with Gasteiger partial charge >= 0.3 is 0 Å². The van der Waals surface area contributed by atoms with Crippen LogP contribution in [0.4, 0.5) is 17.5 Å². The van der Waals surface area contributed by atoms with E-state index in [1.807, 2.05) is 56.3 Å². The molecule has 27 heavy (non-hydrogen) atoms. The summed E-state index contributed by atoms with van der Waals surface area (Å²) < 4.78 is 0. The number of aliphatic hydroxyl groups is 1. The van der Waals surface area contributed by atoms with Crippen LogP contribution in [0.15, 0.2) is 54.9 Å². The van der Waals surface area contributed by atoms with E-state index in [9.17, 15) is 5.11 Å². The highest BCUT2D eigenvalue weighted by atomic mass is 35.5. The molecular formula is C20H22ClN5O. The molecule has 0 unspecified atom stereocenters. The normalized spacial score (nSPS) is 12.0. The summed E-state index contributed by atoms with van der Waals surface area (Å²) in [6.45, 7) is 4.06. The third-order valence-corrected chi connectivity index (χ3v) is 4.48. The zero-order valence-electron chi connectivity index (χ0n) is 15.2. The molecule has 0 saturated heterocycles. The first kappa shape index (κ1) is 19.1. The predicted octanol–water partition coefficient (Wildman–Crippen LogP) is 4.36. The van der Waals surface area contributed by atoms with E-state index in [1.165, 1.54) is 0 Å². The van der Waals surface area contributed by atoms with Gasteiger partial charge in [-0.05, 0) is 30.2 Å². The molecule has 0 radical (unpaired) electrons. The van der Waals surface area contributed by atoms with E-state index in [4.69, 9.17) is 11.6 Å². The van der Waals surface area contributed by atoms with Gasteiger partial charge in [0.1, 0.15) is 5.82 Å². The van der Waals surface area contributed by atoms with E-state index in [0.717, 1.165) is 16.9 Å². The maximum Gasteiger partial charge on any atom is 0.225 e. The van der Waals surface area contributed by atoms with Gasteiger partial charge in [0.25, 0.3) is 0 Å². The van der Waals surface area contributed by atoms with E-state index in [1.54, 1.807) is 12.4 Å². The van der Waals surface area contributed by atoms with E-state index in [-0.39, 0.29) is 18.6 Å². The fraction of sp³-hybridized carbons (Fsp3) is 0.250. The Morgan fingerprint density at radius 3 is 2.48 bits per heavy atom. The van der Waals surface area contributed by atoms with Crippen molar-refractivity contribution < 1.29 is 5.11 Å². The van der Waals surface area contributed by atoms with Gasteiger partial charge in [-0.25, -0.2) is 4.98 Å². The van der Waals surface area contributed by atoms with Gasteiger partial charge in [-0.15, -0.1) is 0 Å². The molecule has 6 nitrogen and oxygen atoms in total. The summed E-state index contributed by atoms with van der Waals surface area (Å²) in [7, 11) is 0. The highest BCUT2D eigenvalue weighted by molar-refractivity contribution is 6.33. The number of nitrogens with one attached hydrogen (secondary N) is 2. The maximum atomic E-state index is 9.63. The molecule has 0 spiro atoms. The Hall–Kier alpha value is -2.70. The molecule has 3 rings (SSSR count). The fourth-order valence-corrected chi connectivity index (χ4v) is 2.72. The molecule has 3 N–H and O–H groups in total. The lowest BCUT2D eigenvalue weighted by Crippen LogP contribution is -2.30. The van der Waals surface area contributed by atoms with Crippen LogP contribution in [0.1, 0.15) is 13.8 Å². The molecule has 1 atom stereocenters. The summed E-state index contributed by atoms with van der Waals surface area (Å²) >= 11 is 6.26. The third-order valence-electron chi connectivity index (χ3n) is 4.15. The number of anilines is 3. The average molecular weight is 384 g/mol. The summed E-state index contributed by atoms with van der Waals surface area (Å²) in [5, 5.41) is 16.7. The van der Waals surface area contributed by atoms with Crippen LogP contribution < -0.4 is 10.6 Å². The van der Waals surface area contributed by atoms with Crippen molar-refractivity contribution in [2.24, 2.45) is 5.92 Å². The summed E-state index contributed by atoms with van der Waals surface area (Å²) in [4.78, 5) is 13.2. The van der Waals surface area contributed by atoms with E-state index in [0.29, 0.717) is 16.8 Å². The second kappa shape index (κ2) is 8.79. The largest absolute Gasteiger partial charge is 0.394 e. The SMILES string of the molecule is CC(C)[C@@H](CO)Nc1nc(Nc2ccccc2Cl)cc(-c2ccncc2)n1. The summed E-state index contributed by atoms with van der Waals surface area (Å²) in [5.41, 5.74) is 2.42. The fourth-order valence-electron chi connectivity index (χ4n) is 2.54. The van der Waals surface area contributed by atoms with Crippen molar-refractivity contribution >= 4 is 29.1 Å². The van der Waals surface area contributed by atoms with Crippen molar-refractivity contribution in [1.29, 1.82) is 0 Å². The Labute approximate surface area is 163 Å². The number of benzene rings is 1. The van der Waals surface area contributed by atoms with Gasteiger partial charge in [-0.3, -0.25) is 4.98 Å². The lowest BCUT2D eigenvalue weighted by molar-refractivity contribution is 0.248. The van der Waals surface area contributed by atoms with Crippen molar-refractivity contribution in [1.82, 2.24) is 15.0 Å². The summed E-state index contributed by atoms with van der Waals surface area (Å²) in [5.74, 6) is 1.27. The Bertz CT molecular complexity index is 889. The molecule has 0 amide bonds. The van der Waals surface area contributed by atoms with Gasteiger partial charge in [-0.2, -0.15) is 4.98 Å². The molecule has 0 fully saturated rings. The molecule has 0 aliphatic carbocycles.